The summed E-state index contributed by atoms with van der Waals surface area (Å²) >= 11 is 0. The van der Waals surface area contributed by atoms with Crippen molar-refractivity contribution in [3.63, 3.8) is 0 Å². The average Bonchev–Trinajstić information content (AvgIpc) is 2.81. The second kappa shape index (κ2) is 3.28. The number of fused-ring (bicyclic) bond motifs is 1. The molecule has 0 aromatic rings. The minimum Gasteiger partial charge on any atom is -0.481 e. The Balaban J connectivity index is 1.83. The lowest BCUT2D eigenvalue weighted by atomic mass is 9.92. The van der Waals surface area contributed by atoms with E-state index in [1.165, 1.54) is 0 Å². The Kier molecular flexibility index (Phi) is 2.09. The fraction of sp³-hybridized carbons (Fsp3) is 0.818. The first kappa shape index (κ1) is 10.2. The van der Waals surface area contributed by atoms with Crippen molar-refractivity contribution in [3.8, 4) is 0 Å². The van der Waals surface area contributed by atoms with Crippen LogP contribution in [0.3, 0.4) is 0 Å². The highest BCUT2D eigenvalue weighted by Crippen LogP contribution is 2.53. The van der Waals surface area contributed by atoms with Crippen molar-refractivity contribution in [2.45, 2.75) is 25.0 Å². The smallest absolute Gasteiger partial charge is 0.314 e. The van der Waals surface area contributed by atoms with Gasteiger partial charge in [-0.3, -0.25) is 9.59 Å². The molecule has 5 nitrogen and oxygen atoms in total. The number of hydrogen-bond donors (Lipinski definition) is 1. The quantitative estimate of drug-likeness (QED) is 0.656. The van der Waals surface area contributed by atoms with Crippen LogP contribution in [-0.2, 0) is 19.1 Å². The maximum absolute atomic E-state index is 11.6. The van der Waals surface area contributed by atoms with Gasteiger partial charge in [-0.1, -0.05) is 0 Å². The fourth-order valence-electron chi connectivity index (χ4n) is 3.45. The second-order valence-electron chi connectivity index (χ2n) is 4.93. The number of rotatable bonds is 1. The molecule has 0 aromatic carbocycles. The highest BCUT2D eigenvalue weighted by Gasteiger charge is 2.58. The van der Waals surface area contributed by atoms with Crippen LogP contribution in [0.1, 0.15) is 19.3 Å². The highest BCUT2D eigenvalue weighted by atomic mass is 16.7. The Morgan fingerprint density at radius 3 is 2.62 bits per heavy atom. The number of hydrogen-bond acceptors (Lipinski definition) is 4. The highest BCUT2D eigenvalue weighted by molar-refractivity contribution is 6.00. The van der Waals surface area contributed by atoms with Gasteiger partial charge in [0.25, 0.3) is 0 Å². The summed E-state index contributed by atoms with van der Waals surface area (Å²) in [6.45, 7) is 1.15. The molecule has 0 aromatic heterocycles. The summed E-state index contributed by atoms with van der Waals surface area (Å²) in [6, 6.07) is 0. The molecule has 5 heteroatoms. The predicted molar refractivity (Wildman–Crippen MR) is 51.6 cm³/mol. The zero-order chi connectivity index (χ0) is 11.3. The van der Waals surface area contributed by atoms with Gasteiger partial charge in [0.15, 0.2) is 5.79 Å². The number of ether oxygens (including phenoxy) is 2. The van der Waals surface area contributed by atoms with Gasteiger partial charge in [-0.2, -0.15) is 0 Å². The van der Waals surface area contributed by atoms with Crippen LogP contribution in [0, 0.1) is 17.8 Å². The standard InChI is InChI=1S/C11H14O5/c12-8-3-6-4-11(15-1-2-16-11)5-7(6)9(8)10(13)14/h6-7,9H,1-5H2,(H,13,14)/t6-,7+,9?/m0/s1. The van der Waals surface area contributed by atoms with E-state index in [2.05, 4.69) is 0 Å². The minimum atomic E-state index is -0.993. The lowest BCUT2D eigenvalue weighted by molar-refractivity contribution is -0.160. The largest absolute Gasteiger partial charge is 0.481 e. The van der Waals surface area contributed by atoms with Gasteiger partial charge in [0.1, 0.15) is 11.7 Å². The first-order valence-electron chi connectivity index (χ1n) is 5.65. The van der Waals surface area contributed by atoms with Gasteiger partial charge in [-0.15, -0.1) is 0 Å². The topological polar surface area (TPSA) is 72.8 Å². The molecule has 3 atom stereocenters. The molecular weight excluding hydrogens is 212 g/mol. The van der Waals surface area contributed by atoms with Crippen molar-refractivity contribution < 1.29 is 24.2 Å². The van der Waals surface area contributed by atoms with E-state index in [0.717, 1.165) is 0 Å². The van der Waals surface area contributed by atoms with Crippen molar-refractivity contribution in [1.82, 2.24) is 0 Å². The van der Waals surface area contributed by atoms with Crippen LogP contribution >= 0.6 is 0 Å². The first-order chi connectivity index (χ1) is 7.61. The van der Waals surface area contributed by atoms with E-state index in [9.17, 15) is 9.59 Å². The molecule has 1 saturated heterocycles. The van der Waals surface area contributed by atoms with Gasteiger partial charge in [-0.05, 0) is 11.8 Å². The molecule has 88 valence electrons. The number of aliphatic carboxylic acids is 1. The molecule has 3 fully saturated rings. The molecule has 3 rings (SSSR count). The van der Waals surface area contributed by atoms with Gasteiger partial charge in [0.2, 0.25) is 0 Å². The predicted octanol–water partition coefficient (Wildman–Crippen LogP) is 0.429. The zero-order valence-electron chi connectivity index (χ0n) is 8.85. The van der Waals surface area contributed by atoms with Crippen LogP contribution in [-0.4, -0.2) is 35.9 Å². The molecule has 0 amide bonds. The van der Waals surface area contributed by atoms with Gasteiger partial charge in [0.05, 0.1) is 13.2 Å². The molecule has 1 unspecified atom stereocenters. The number of ketones is 1. The van der Waals surface area contributed by atoms with Crippen LogP contribution in [0.2, 0.25) is 0 Å². The van der Waals surface area contributed by atoms with E-state index in [0.29, 0.717) is 32.5 Å². The van der Waals surface area contributed by atoms with E-state index in [-0.39, 0.29) is 17.6 Å². The van der Waals surface area contributed by atoms with Crippen LogP contribution in [0.15, 0.2) is 0 Å². The number of carboxylic acids is 1. The number of carbonyl (C=O) groups excluding carboxylic acids is 1. The minimum absolute atomic E-state index is 0.0944. The van der Waals surface area contributed by atoms with Crippen LogP contribution in [0.25, 0.3) is 0 Å². The molecular formula is C11H14O5. The third kappa shape index (κ3) is 1.31. The van der Waals surface area contributed by atoms with Gasteiger partial charge >= 0.3 is 5.97 Å². The summed E-state index contributed by atoms with van der Waals surface area (Å²) in [5.74, 6) is -2.50. The number of carbonyl (C=O) groups is 2. The summed E-state index contributed by atoms with van der Waals surface area (Å²) in [5, 5.41) is 9.06. The van der Waals surface area contributed by atoms with Crippen LogP contribution < -0.4 is 0 Å². The summed E-state index contributed by atoms with van der Waals surface area (Å²) in [5.41, 5.74) is 0. The van der Waals surface area contributed by atoms with E-state index < -0.39 is 17.7 Å². The Bertz CT molecular complexity index is 344. The average molecular weight is 226 g/mol. The zero-order valence-corrected chi connectivity index (χ0v) is 8.85. The number of carboxylic acid groups (broad SMARTS) is 1. The molecule has 0 radical (unpaired) electrons. The summed E-state index contributed by atoms with van der Waals surface area (Å²) in [7, 11) is 0. The summed E-state index contributed by atoms with van der Waals surface area (Å²) < 4.78 is 11.1. The van der Waals surface area contributed by atoms with Crippen molar-refractivity contribution in [2.75, 3.05) is 13.2 Å². The molecule has 1 N–H and O–H groups in total. The van der Waals surface area contributed by atoms with Crippen molar-refractivity contribution >= 4 is 11.8 Å². The maximum atomic E-state index is 11.6. The second-order valence-corrected chi connectivity index (χ2v) is 4.93. The monoisotopic (exact) mass is 226 g/mol. The molecule has 2 aliphatic carbocycles. The molecule has 1 spiro atoms. The Morgan fingerprint density at radius 1 is 1.31 bits per heavy atom. The van der Waals surface area contributed by atoms with E-state index in [1.54, 1.807) is 0 Å². The van der Waals surface area contributed by atoms with E-state index >= 15 is 0 Å². The molecule has 3 aliphatic rings. The maximum Gasteiger partial charge on any atom is 0.314 e. The van der Waals surface area contributed by atoms with E-state index in [4.69, 9.17) is 14.6 Å². The third-order valence-corrected chi connectivity index (χ3v) is 4.04. The Hall–Kier alpha value is -0.940. The van der Waals surface area contributed by atoms with Crippen molar-refractivity contribution in [3.05, 3.63) is 0 Å². The lowest BCUT2D eigenvalue weighted by Crippen LogP contribution is -2.31. The van der Waals surface area contributed by atoms with Crippen LogP contribution in [0.5, 0.6) is 0 Å². The molecule has 0 bridgehead atoms. The van der Waals surface area contributed by atoms with Gasteiger partial charge < -0.3 is 14.6 Å². The summed E-state index contributed by atoms with van der Waals surface area (Å²) in [4.78, 5) is 22.6. The Labute approximate surface area is 92.7 Å². The molecule has 1 heterocycles. The number of Topliss-reactive ketones (excluding diaryl/α,β-unsaturated/α-hetero) is 1. The van der Waals surface area contributed by atoms with Gasteiger partial charge in [-0.25, -0.2) is 0 Å². The van der Waals surface area contributed by atoms with Crippen molar-refractivity contribution in [2.24, 2.45) is 17.8 Å². The van der Waals surface area contributed by atoms with Crippen LogP contribution in [0.4, 0.5) is 0 Å². The third-order valence-electron chi connectivity index (χ3n) is 4.04. The lowest BCUT2D eigenvalue weighted by Gasteiger charge is -2.23. The Morgan fingerprint density at radius 2 is 2.00 bits per heavy atom. The first-order valence-corrected chi connectivity index (χ1v) is 5.65. The molecule has 2 saturated carbocycles. The fourth-order valence-corrected chi connectivity index (χ4v) is 3.45. The molecule has 1 aliphatic heterocycles. The summed E-state index contributed by atoms with van der Waals surface area (Å²) in [6.07, 6.45) is 1.60. The van der Waals surface area contributed by atoms with Gasteiger partial charge in [0, 0.05) is 19.3 Å². The molecule has 16 heavy (non-hydrogen) atoms. The van der Waals surface area contributed by atoms with E-state index in [1.807, 2.05) is 0 Å². The van der Waals surface area contributed by atoms with Crippen molar-refractivity contribution in [1.29, 1.82) is 0 Å². The SMILES string of the molecule is O=C(O)C1C(=O)C[C@H]2CC3(C[C@@H]12)OCCO3. The normalized spacial score (nSPS) is 40.5.